The van der Waals surface area contributed by atoms with Crippen molar-refractivity contribution in [3.63, 3.8) is 0 Å². The molecule has 0 atom stereocenters. The first-order chi connectivity index (χ1) is 16.0. The molecule has 3 nitrogen and oxygen atoms in total. The summed E-state index contributed by atoms with van der Waals surface area (Å²) in [4.78, 5) is 6.87. The Hall–Kier alpha value is -2.18. The monoisotopic (exact) mass is 509 g/mol. The van der Waals surface area contributed by atoms with Crippen LogP contribution in [0.1, 0.15) is 54.3 Å². The van der Waals surface area contributed by atoms with Gasteiger partial charge in [-0.15, -0.1) is 0 Å². The smallest absolute Gasteiger partial charge is 0.371 e. The number of halogens is 5. The Balaban J connectivity index is 1.63. The molecule has 34 heavy (non-hydrogen) atoms. The van der Waals surface area contributed by atoms with E-state index in [9.17, 15) is 13.2 Å². The summed E-state index contributed by atoms with van der Waals surface area (Å²) in [5, 5.41) is 1.00. The molecule has 1 fully saturated rings. The minimum absolute atomic E-state index is 0.296. The number of aromatic nitrogens is 2. The van der Waals surface area contributed by atoms with Gasteiger partial charge in [-0.2, -0.15) is 13.2 Å². The Morgan fingerprint density at radius 1 is 1.21 bits per heavy atom. The van der Waals surface area contributed by atoms with Gasteiger partial charge in [0, 0.05) is 42.8 Å². The summed E-state index contributed by atoms with van der Waals surface area (Å²) in [6.45, 7) is 10.0. The SMILES string of the molecule is C=C(c1ccc(Cl)c(Cc2nc3c(C)cc(C(F)(F)F)cc3n2C)c1Cl)N1CC(CCCC)C1. The molecule has 8 heteroatoms. The highest BCUT2D eigenvalue weighted by Gasteiger charge is 2.32. The maximum Gasteiger partial charge on any atom is 0.416 e. The number of fused-ring (bicyclic) bond motifs is 1. The lowest BCUT2D eigenvalue weighted by molar-refractivity contribution is -0.137. The van der Waals surface area contributed by atoms with Crippen LogP contribution in [0.25, 0.3) is 16.7 Å². The molecular formula is C26H28Cl2F3N3. The van der Waals surface area contributed by atoms with E-state index in [1.807, 2.05) is 6.07 Å². The lowest BCUT2D eigenvalue weighted by Gasteiger charge is -2.42. The van der Waals surface area contributed by atoms with Crippen LogP contribution in [0, 0.1) is 12.8 Å². The van der Waals surface area contributed by atoms with Crippen LogP contribution >= 0.6 is 23.2 Å². The highest BCUT2D eigenvalue weighted by molar-refractivity contribution is 6.37. The first-order valence-electron chi connectivity index (χ1n) is 11.5. The van der Waals surface area contributed by atoms with Crippen molar-refractivity contribution in [3.05, 3.63) is 69.0 Å². The van der Waals surface area contributed by atoms with Gasteiger partial charge >= 0.3 is 6.18 Å². The average Bonchev–Trinajstić information content (AvgIpc) is 3.05. The van der Waals surface area contributed by atoms with Crippen molar-refractivity contribution in [2.75, 3.05) is 13.1 Å². The van der Waals surface area contributed by atoms with Crippen LogP contribution in [0.5, 0.6) is 0 Å². The minimum atomic E-state index is -4.42. The number of imidazole rings is 1. The van der Waals surface area contributed by atoms with E-state index in [0.29, 0.717) is 50.4 Å². The van der Waals surface area contributed by atoms with E-state index in [1.165, 1.54) is 19.3 Å². The van der Waals surface area contributed by atoms with Crippen LogP contribution < -0.4 is 0 Å². The molecule has 1 aliphatic rings. The average molecular weight is 510 g/mol. The van der Waals surface area contributed by atoms with Crippen LogP contribution in [0.15, 0.2) is 30.8 Å². The van der Waals surface area contributed by atoms with E-state index in [1.54, 1.807) is 24.6 Å². The first-order valence-corrected chi connectivity index (χ1v) is 12.2. The summed E-state index contributed by atoms with van der Waals surface area (Å²) in [5.74, 6) is 1.28. The molecule has 2 heterocycles. The van der Waals surface area contributed by atoms with E-state index in [-0.39, 0.29) is 0 Å². The number of unbranched alkanes of at least 4 members (excludes halogenated alkanes) is 1. The van der Waals surface area contributed by atoms with E-state index in [0.717, 1.165) is 36.5 Å². The number of likely N-dealkylation sites (tertiary alicyclic amines) is 1. The third-order valence-corrected chi connectivity index (χ3v) is 7.52. The normalized spacial score (nSPS) is 14.6. The minimum Gasteiger partial charge on any atom is -0.371 e. The molecule has 0 radical (unpaired) electrons. The largest absolute Gasteiger partial charge is 0.416 e. The predicted octanol–water partition coefficient (Wildman–Crippen LogP) is 7.89. The molecule has 2 aromatic carbocycles. The van der Waals surface area contributed by atoms with Gasteiger partial charge in [0.05, 0.1) is 21.6 Å². The fourth-order valence-corrected chi connectivity index (χ4v) is 5.22. The zero-order valence-corrected chi connectivity index (χ0v) is 21.1. The van der Waals surface area contributed by atoms with Crippen LogP contribution in [-0.4, -0.2) is 27.5 Å². The number of benzene rings is 2. The molecule has 0 amide bonds. The summed E-state index contributed by atoms with van der Waals surface area (Å²) in [6, 6.07) is 5.95. The third kappa shape index (κ3) is 4.67. The number of alkyl halides is 3. The van der Waals surface area contributed by atoms with Gasteiger partial charge in [0.1, 0.15) is 5.82 Å². The molecule has 1 saturated heterocycles. The molecule has 3 aromatic rings. The maximum atomic E-state index is 13.3. The van der Waals surface area contributed by atoms with Gasteiger partial charge in [0.2, 0.25) is 0 Å². The lowest BCUT2D eigenvalue weighted by atomic mass is 9.92. The Kier molecular flexibility index (Phi) is 6.94. The molecule has 0 bridgehead atoms. The van der Waals surface area contributed by atoms with Gasteiger partial charge in [-0.25, -0.2) is 4.98 Å². The molecule has 1 aromatic heterocycles. The third-order valence-electron chi connectivity index (χ3n) is 6.73. The summed E-state index contributed by atoms with van der Waals surface area (Å²) in [5.41, 5.74) is 3.13. The van der Waals surface area contributed by atoms with Crippen molar-refractivity contribution in [1.82, 2.24) is 14.5 Å². The standard InChI is InChI=1S/C26H28Cl2F3N3/c1-5-6-7-17-13-34(14-17)16(3)19-8-9-21(27)20(24(19)28)12-23-32-25-15(2)10-18(26(29,30)31)11-22(25)33(23)4/h8-11,17H,3,5-7,12-14H2,1-2,4H3. The van der Waals surface area contributed by atoms with Crippen LogP contribution in [0.4, 0.5) is 13.2 Å². The van der Waals surface area contributed by atoms with E-state index in [4.69, 9.17) is 23.2 Å². The van der Waals surface area contributed by atoms with Gasteiger partial charge in [0.25, 0.3) is 0 Å². The summed E-state index contributed by atoms with van der Waals surface area (Å²) < 4.78 is 41.6. The van der Waals surface area contributed by atoms with Crippen LogP contribution in [0.3, 0.4) is 0 Å². The quantitative estimate of drug-likeness (QED) is 0.322. The number of hydrogen-bond acceptors (Lipinski definition) is 2. The molecule has 0 saturated carbocycles. The zero-order chi connectivity index (χ0) is 24.8. The van der Waals surface area contributed by atoms with E-state index in [2.05, 4.69) is 23.4 Å². The van der Waals surface area contributed by atoms with Crippen LogP contribution in [0.2, 0.25) is 10.0 Å². The van der Waals surface area contributed by atoms with Crippen LogP contribution in [-0.2, 0) is 19.6 Å². The first kappa shape index (κ1) is 24.9. The van der Waals surface area contributed by atoms with Crippen molar-refractivity contribution >= 4 is 39.9 Å². The fraction of sp³-hybridized carbons (Fsp3) is 0.423. The molecule has 0 unspecified atom stereocenters. The van der Waals surface area contributed by atoms with Crippen molar-refractivity contribution in [3.8, 4) is 0 Å². The number of rotatable bonds is 7. The number of aryl methyl sites for hydroxylation is 2. The molecular weight excluding hydrogens is 482 g/mol. The molecule has 0 N–H and O–H groups in total. The highest BCUT2D eigenvalue weighted by atomic mass is 35.5. The molecule has 0 aliphatic carbocycles. The maximum absolute atomic E-state index is 13.3. The second-order valence-corrected chi connectivity index (χ2v) is 9.96. The van der Waals surface area contributed by atoms with Crippen molar-refractivity contribution in [1.29, 1.82) is 0 Å². The fourth-order valence-electron chi connectivity index (χ4n) is 4.60. The summed E-state index contributed by atoms with van der Waals surface area (Å²) >= 11 is 13.3. The van der Waals surface area contributed by atoms with Gasteiger partial charge in [-0.05, 0) is 54.7 Å². The predicted molar refractivity (Wildman–Crippen MR) is 133 cm³/mol. The molecule has 4 rings (SSSR count). The molecule has 1 aliphatic heterocycles. The van der Waals surface area contributed by atoms with Crippen molar-refractivity contribution < 1.29 is 13.2 Å². The Morgan fingerprint density at radius 2 is 1.91 bits per heavy atom. The number of nitrogens with zero attached hydrogens (tertiary/aromatic N) is 3. The van der Waals surface area contributed by atoms with Gasteiger partial charge < -0.3 is 9.47 Å². The number of hydrogen-bond donors (Lipinski definition) is 0. The van der Waals surface area contributed by atoms with Gasteiger partial charge in [0.15, 0.2) is 0 Å². The second-order valence-electron chi connectivity index (χ2n) is 9.17. The Labute approximate surface area is 208 Å². The zero-order valence-electron chi connectivity index (χ0n) is 19.6. The van der Waals surface area contributed by atoms with Gasteiger partial charge in [-0.1, -0.05) is 49.5 Å². The van der Waals surface area contributed by atoms with Crippen molar-refractivity contribution in [2.45, 2.75) is 45.7 Å². The molecule has 182 valence electrons. The Bertz CT molecular complexity index is 1240. The highest BCUT2D eigenvalue weighted by Crippen LogP contribution is 2.38. The lowest BCUT2D eigenvalue weighted by Crippen LogP contribution is -2.44. The second kappa shape index (κ2) is 9.46. The van der Waals surface area contributed by atoms with Crippen molar-refractivity contribution in [2.24, 2.45) is 13.0 Å². The topological polar surface area (TPSA) is 21.1 Å². The Morgan fingerprint density at radius 3 is 2.56 bits per heavy atom. The summed E-state index contributed by atoms with van der Waals surface area (Å²) in [7, 11) is 1.71. The summed E-state index contributed by atoms with van der Waals surface area (Å²) in [6.07, 6.45) is -0.467. The van der Waals surface area contributed by atoms with E-state index >= 15 is 0 Å². The molecule has 0 spiro atoms. The van der Waals surface area contributed by atoms with E-state index < -0.39 is 11.7 Å². The van der Waals surface area contributed by atoms with Gasteiger partial charge in [-0.3, -0.25) is 0 Å².